The number of aryl methyl sites for hydroxylation is 1. The molecule has 1 aliphatic rings. The van der Waals surface area contributed by atoms with E-state index in [9.17, 15) is 18.4 Å². The van der Waals surface area contributed by atoms with E-state index >= 15 is 0 Å². The molecular formula is C26H26Cl2F2N2O7. The maximum absolute atomic E-state index is 13.0. The predicted molar refractivity (Wildman–Crippen MR) is 134 cm³/mol. The van der Waals surface area contributed by atoms with E-state index in [1.165, 1.54) is 30.6 Å². The highest BCUT2D eigenvalue weighted by molar-refractivity contribution is 6.35. The molecule has 39 heavy (non-hydrogen) atoms. The van der Waals surface area contributed by atoms with E-state index in [0.29, 0.717) is 33.7 Å². The number of rotatable bonds is 12. The molecule has 1 atom stereocenters. The molecule has 1 aliphatic carbocycles. The molecule has 0 radical (unpaired) electrons. The summed E-state index contributed by atoms with van der Waals surface area (Å²) in [4.78, 5) is 27.8. The van der Waals surface area contributed by atoms with Gasteiger partial charge in [-0.1, -0.05) is 29.3 Å². The first-order chi connectivity index (χ1) is 18.2. The van der Waals surface area contributed by atoms with Gasteiger partial charge in [0, 0.05) is 25.2 Å². The number of benzene rings is 1. The molecule has 9 nitrogen and oxygen atoms in total. The predicted octanol–water partition coefficient (Wildman–Crippen LogP) is 5.04. The normalized spacial score (nSPS) is 13.4. The molecule has 0 saturated heterocycles. The summed E-state index contributed by atoms with van der Waals surface area (Å²) in [5.74, 6) is -1.23. The highest BCUT2D eigenvalue weighted by Gasteiger charge is 2.26. The molecule has 4 rings (SSSR count). The van der Waals surface area contributed by atoms with Crippen LogP contribution in [0.3, 0.4) is 0 Å². The summed E-state index contributed by atoms with van der Waals surface area (Å²) in [6, 6.07) is 7.50. The topological polar surface area (TPSA) is 120 Å². The van der Waals surface area contributed by atoms with Crippen LogP contribution in [0.2, 0.25) is 10.0 Å². The maximum atomic E-state index is 13.0. The summed E-state index contributed by atoms with van der Waals surface area (Å²) >= 11 is 12.6. The van der Waals surface area contributed by atoms with E-state index in [2.05, 4.69) is 9.72 Å². The van der Waals surface area contributed by atoms with Gasteiger partial charge in [0.1, 0.15) is 21.8 Å². The van der Waals surface area contributed by atoms with Crippen molar-refractivity contribution < 1.29 is 47.8 Å². The molecule has 1 aromatic carbocycles. The summed E-state index contributed by atoms with van der Waals surface area (Å²) in [6.45, 7) is -3.36. The minimum atomic E-state index is -3.05. The monoisotopic (exact) mass is 586 g/mol. The van der Waals surface area contributed by atoms with E-state index in [-0.39, 0.29) is 29.1 Å². The van der Waals surface area contributed by atoms with Crippen molar-refractivity contribution >= 4 is 35.1 Å². The Morgan fingerprint density at radius 3 is 2.46 bits per heavy atom. The first-order valence-corrected chi connectivity index (χ1v) is 12.5. The standard InChI is InChI=1S/C26H24Cl2F2N2O6.H2O/c1-32-8-2-3-20(32)25(34)36-14-24(33)37-22(10-17-18(27)11-31-12-19(17)28)16-6-7-21(38-26(29)30)23(9-16)35-13-15-4-5-15;/h2-3,6-9,11-12,15,22,26H,4-5,10,13-14H2,1H3;1H2/t22-;/m0./s1. The zero-order valence-electron chi connectivity index (χ0n) is 20.7. The second-order valence-corrected chi connectivity index (χ2v) is 9.55. The van der Waals surface area contributed by atoms with Gasteiger partial charge in [-0.25, -0.2) is 14.6 Å². The number of aromatic amines is 1. The molecule has 2 heterocycles. The molecule has 0 spiro atoms. The number of carbonyl (C=O) groups is 2. The van der Waals surface area contributed by atoms with Crippen molar-refractivity contribution in [2.24, 2.45) is 13.0 Å². The second-order valence-electron chi connectivity index (χ2n) is 8.73. The Morgan fingerprint density at radius 2 is 1.85 bits per heavy atom. The summed E-state index contributed by atoms with van der Waals surface area (Å²) in [7, 11) is 1.67. The van der Waals surface area contributed by atoms with Crippen LogP contribution in [0, 0.1) is 5.92 Å². The van der Waals surface area contributed by atoms with Gasteiger partial charge in [0.25, 0.3) is 0 Å². The van der Waals surface area contributed by atoms with Crippen LogP contribution in [0.4, 0.5) is 8.78 Å². The lowest BCUT2D eigenvalue weighted by Gasteiger charge is -2.21. The number of esters is 2. The SMILES string of the molecule is Cn1cccc1C(=O)OCC(=O)O[C@@H](Cc1c(Cl)c[nH+]cc1Cl)c1ccc(OC(F)F)c(OCC2CC2)c1.[OH-]. The van der Waals surface area contributed by atoms with Gasteiger partial charge in [0.15, 0.2) is 30.5 Å². The Bertz CT molecular complexity index is 1280. The zero-order valence-corrected chi connectivity index (χ0v) is 22.3. The van der Waals surface area contributed by atoms with Crippen LogP contribution >= 0.6 is 23.2 Å². The molecule has 210 valence electrons. The number of H-pyrrole nitrogens is 1. The van der Waals surface area contributed by atoms with Crippen molar-refractivity contribution in [3.05, 3.63) is 75.8 Å². The summed E-state index contributed by atoms with van der Waals surface area (Å²) in [5.41, 5.74) is 1.17. The molecule has 0 unspecified atom stereocenters. The molecular weight excluding hydrogens is 561 g/mol. The molecule has 3 aromatic rings. The average molecular weight is 587 g/mol. The third kappa shape index (κ3) is 8.29. The van der Waals surface area contributed by atoms with Gasteiger partial charge in [-0.15, -0.1) is 0 Å². The van der Waals surface area contributed by atoms with Crippen LogP contribution in [0.5, 0.6) is 11.5 Å². The molecule has 0 aliphatic heterocycles. The zero-order chi connectivity index (χ0) is 27.2. The number of nitrogens with zero attached hydrogens (tertiary/aromatic N) is 1. The molecule has 0 bridgehead atoms. The number of nitrogens with one attached hydrogen (secondary N) is 1. The van der Waals surface area contributed by atoms with E-state index in [0.717, 1.165) is 12.8 Å². The Hall–Kier alpha value is -3.41. The fourth-order valence-corrected chi connectivity index (χ4v) is 4.20. The van der Waals surface area contributed by atoms with Gasteiger partial charge in [0.05, 0.1) is 6.61 Å². The lowest BCUT2D eigenvalue weighted by Crippen LogP contribution is -2.21. The van der Waals surface area contributed by atoms with Gasteiger partial charge < -0.3 is 29.0 Å². The number of ether oxygens (including phenoxy) is 4. The van der Waals surface area contributed by atoms with Crippen LogP contribution in [-0.2, 0) is 27.7 Å². The Labute approximate surface area is 232 Å². The lowest BCUT2D eigenvalue weighted by molar-refractivity contribution is -0.377. The van der Waals surface area contributed by atoms with Crippen LogP contribution in [-0.4, -0.2) is 41.8 Å². The minimum absolute atomic E-state index is 0. The average Bonchev–Trinajstić information content (AvgIpc) is 3.61. The number of carbonyl (C=O) groups excluding carboxylic acids is 2. The third-order valence-corrected chi connectivity index (χ3v) is 6.54. The highest BCUT2D eigenvalue weighted by Crippen LogP contribution is 2.37. The Balaban J connectivity index is 0.00000420. The van der Waals surface area contributed by atoms with E-state index in [4.69, 9.17) is 37.4 Å². The number of halogens is 4. The lowest BCUT2D eigenvalue weighted by atomic mass is 10.0. The summed E-state index contributed by atoms with van der Waals surface area (Å²) < 4.78 is 48.6. The first-order valence-electron chi connectivity index (χ1n) is 11.7. The summed E-state index contributed by atoms with van der Waals surface area (Å²) in [6.07, 6.45) is 5.77. The van der Waals surface area contributed by atoms with Crippen molar-refractivity contribution in [1.29, 1.82) is 0 Å². The Morgan fingerprint density at radius 1 is 1.13 bits per heavy atom. The number of hydrogen-bond acceptors (Lipinski definition) is 7. The van der Waals surface area contributed by atoms with Crippen molar-refractivity contribution in [1.82, 2.24) is 4.57 Å². The van der Waals surface area contributed by atoms with Crippen LogP contribution in [0.1, 0.15) is 40.6 Å². The summed E-state index contributed by atoms with van der Waals surface area (Å²) in [5, 5.41) is 0.605. The fraction of sp³-hybridized carbons (Fsp3) is 0.346. The highest BCUT2D eigenvalue weighted by atomic mass is 35.5. The Kier molecular flexibility index (Phi) is 10.5. The number of pyridine rings is 1. The minimum Gasteiger partial charge on any atom is -0.870 e. The van der Waals surface area contributed by atoms with Crippen LogP contribution < -0.4 is 14.5 Å². The van der Waals surface area contributed by atoms with Crippen molar-refractivity contribution in [3.63, 3.8) is 0 Å². The molecule has 2 aromatic heterocycles. The maximum Gasteiger partial charge on any atom is 0.387 e. The molecule has 13 heteroatoms. The van der Waals surface area contributed by atoms with Gasteiger partial charge in [0.2, 0.25) is 0 Å². The number of hydrogen-bond donors (Lipinski definition) is 0. The number of aromatic nitrogens is 2. The van der Waals surface area contributed by atoms with E-state index in [1.807, 2.05) is 0 Å². The molecule has 1 fully saturated rings. The first kappa shape index (κ1) is 30.1. The smallest absolute Gasteiger partial charge is 0.387 e. The van der Waals surface area contributed by atoms with E-state index < -0.39 is 31.3 Å². The van der Waals surface area contributed by atoms with Crippen molar-refractivity contribution in [3.8, 4) is 11.5 Å². The van der Waals surface area contributed by atoms with Gasteiger partial charge in [-0.05, 0) is 48.6 Å². The quantitative estimate of drug-likeness (QED) is 0.272. The van der Waals surface area contributed by atoms with Crippen molar-refractivity contribution in [2.45, 2.75) is 32.0 Å². The van der Waals surface area contributed by atoms with Gasteiger partial charge in [-0.3, -0.25) is 0 Å². The molecule has 0 amide bonds. The van der Waals surface area contributed by atoms with Gasteiger partial charge in [-0.2, -0.15) is 8.78 Å². The fourth-order valence-electron chi connectivity index (χ4n) is 3.67. The van der Waals surface area contributed by atoms with E-state index in [1.54, 1.807) is 29.9 Å². The largest absolute Gasteiger partial charge is 0.870 e. The van der Waals surface area contributed by atoms with Crippen molar-refractivity contribution in [2.75, 3.05) is 13.2 Å². The van der Waals surface area contributed by atoms with Crippen LogP contribution in [0.15, 0.2) is 48.9 Å². The van der Waals surface area contributed by atoms with Gasteiger partial charge >= 0.3 is 18.6 Å². The second kappa shape index (κ2) is 13.6. The molecule has 1 saturated carbocycles. The number of alkyl halides is 2. The van der Waals surface area contributed by atoms with Crippen LogP contribution in [0.25, 0.3) is 0 Å². The molecule has 2 N–H and O–H groups in total. The third-order valence-electron chi connectivity index (χ3n) is 5.86.